The summed E-state index contributed by atoms with van der Waals surface area (Å²) < 4.78 is 5.22. The van der Waals surface area contributed by atoms with E-state index < -0.39 is 0 Å². The van der Waals surface area contributed by atoms with Gasteiger partial charge in [0, 0.05) is 30.8 Å². The minimum atomic E-state index is -0.0425. The summed E-state index contributed by atoms with van der Waals surface area (Å²) in [6.07, 6.45) is 0. The lowest BCUT2D eigenvalue weighted by Crippen LogP contribution is -2.53. The highest BCUT2D eigenvalue weighted by Gasteiger charge is 2.68. The molecule has 0 bridgehead atoms. The van der Waals surface area contributed by atoms with Gasteiger partial charge in [-0.1, -0.05) is 33.8 Å². The molecule has 0 radical (unpaired) electrons. The Morgan fingerprint density at radius 1 is 1.17 bits per heavy atom. The van der Waals surface area contributed by atoms with Gasteiger partial charge in [-0.3, -0.25) is 9.59 Å². The number of rotatable bonds is 3. The van der Waals surface area contributed by atoms with Crippen LogP contribution in [0.2, 0.25) is 0 Å². The first-order chi connectivity index (χ1) is 11.2. The van der Waals surface area contributed by atoms with Crippen LogP contribution in [0.5, 0.6) is 5.75 Å². The number of piperazine rings is 1. The predicted octanol–water partition coefficient (Wildman–Crippen LogP) is 2.55. The molecule has 0 atom stereocenters. The average molecular weight is 330 g/mol. The van der Waals surface area contributed by atoms with Crippen molar-refractivity contribution in [3.63, 3.8) is 0 Å². The molecule has 1 aromatic carbocycles. The Bertz CT molecular complexity index is 667. The van der Waals surface area contributed by atoms with Crippen LogP contribution in [0.25, 0.3) is 0 Å². The number of anilines is 1. The molecule has 1 saturated heterocycles. The summed E-state index contributed by atoms with van der Waals surface area (Å²) in [5, 5.41) is 0. The van der Waals surface area contributed by atoms with Gasteiger partial charge in [0.2, 0.25) is 11.8 Å². The fraction of sp³-hybridized carbons (Fsp3) is 0.579. The van der Waals surface area contributed by atoms with Crippen molar-refractivity contribution in [1.82, 2.24) is 4.90 Å². The third-order valence-electron chi connectivity index (χ3n) is 6.17. The van der Waals surface area contributed by atoms with Gasteiger partial charge in [0.05, 0.1) is 7.11 Å². The van der Waals surface area contributed by atoms with Crippen molar-refractivity contribution in [1.29, 1.82) is 0 Å². The van der Waals surface area contributed by atoms with E-state index >= 15 is 0 Å². The van der Waals surface area contributed by atoms with Gasteiger partial charge in [0.15, 0.2) is 0 Å². The maximum Gasteiger partial charge on any atom is 0.246 e. The molecule has 1 heterocycles. The molecule has 1 aliphatic carbocycles. The van der Waals surface area contributed by atoms with Crippen molar-refractivity contribution >= 4 is 17.5 Å². The van der Waals surface area contributed by atoms with E-state index in [9.17, 15) is 9.59 Å². The van der Waals surface area contributed by atoms with E-state index in [2.05, 4.69) is 27.7 Å². The summed E-state index contributed by atoms with van der Waals surface area (Å²) in [5.74, 6) is 0.796. The average Bonchev–Trinajstić information content (AvgIpc) is 2.95. The molecule has 0 spiro atoms. The van der Waals surface area contributed by atoms with E-state index in [-0.39, 0.29) is 35.1 Å². The zero-order valence-corrected chi connectivity index (χ0v) is 15.1. The largest absolute Gasteiger partial charge is 0.497 e. The van der Waals surface area contributed by atoms with Crippen LogP contribution in [0.1, 0.15) is 27.7 Å². The fourth-order valence-electron chi connectivity index (χ4n) is 3.91. The van der Waals surface area contributed by atoms with Gasteiger partial charge in [0.25, 0.3) is 0 Å². The summed E-state index contributed by atoms with van der Waals surface area (Å²) in [7, 11) is 1.61. The zero-order valence-electron chi connectivity index (χ0n) is 15.1. The molecule has 3 rings (SSSR count). The molecule has 1 aliphatic heterocycles. The lowest BCUT2D eigenvalue weighted by atomic mass is 10.0. The van der Waals surface area contributed by atoms with Crippen LogP contribution in [0.15, 0.2) is 24.3 Å². The number of carbonyl (C=O) groups is 2. The van der Waals surface area contributed by atoms with Crippen molar-refractivity contribution in [2.75, 3.05) is 31.6 Å². The van der Waals surface area contributed by atoms with Gasteiger partial charge in [0.1, 0.15) is 12.3 Å². The normalized spacial score (nSPS) is 22.5. The van der Waals surface area contributed by atoms with Crippen LogP contribution in [-0.4, -0.2) is 43.5 Å². The van der Waals surface area contributed by atoms with Gasteiger partial charge in [-0.05, 0) is 23.0 Å². The minimum absolute atomic E-state index is 0.00108. The second-order valence-electron chi connectivity index (χ2n) is 7.88. The number of ether oxygens (including phenoxy) is 1. The molecule has 1 saturated carbocycles. The maximum atomic E-state index is 12.8. The highest BCUT2D eigenvalue weighted by Crippen LogP contribution is 2.68. The molecular formula is C19H26N2O3. The van der Waals surface area contributed by atoms with Crippen LogP contribution < -0.4 is 9.64 Å². The van der Waals surface area contributed by atoms with Gasteiger partial charge in [-0.25, -0.2) is 0 Å². The van der Waals surface area contributed by atoms with Gasteiger partial charge in [-0.2, -0.15) is 0 Å². The number of carbonyl (C=O) groups excluding carboxylic acids is 2. The quantitative estimate of drug-likeness (QED) is 0.856. The number of benzene rings is 1. The molecule has 2 amide bonds. The second kappa shape index (κ2) is 5.50. The lowest BCUT2D eigenvalue weighted by molar-refractivity contribution is -0.139. The van der Waals surface area contributed by atoms with Crippen LogP contribution >= 0.6 is 0 Å². The van der Waals surface area contributed by atoms with Crippen molar-refractivity contribution in [3.8, 4) is 5.75 Å². The van der Waals surface area contributed by atoms with Crippen molar-refractivity contribution in [2.45, 2.75) is 27.7 Å². The van der Waals surface area contributed by atoms with Gasteiger partial charge < -0.3 is 14.5 Å². The SMILES string of the molecule is COc1cccc(N2CCN(C(=O)C3C(C)(C)C3(C)C)CC2=O)c1. The van der Waals surface area contributed by atoms with E-state index in [1.807, 2.05) is 24.3 Å². The van der Waals surface area contributed by atoms with Crippen LogP contribution in [-0.2, 0) is 9.59 Å². The number of methoxy groups -OCH3 is 1. The molecule has 2 aliphatic rings. The molecule has 5 nitrogen and oxygen atoms in total. The standard InChI is InChI=1S/C19H26N2O3/c1-18(2)16(19(18,3)4)17(23)20-9-10-21(15(22)12-20)13-7-6-8-14(11-13)24-5/h6-8,11,16H,9-10,12H2,1-5H3. The third kappa shape index (κ3) is 2.46. The van der Waals surface area contributed by atoms with Crippen LogP contribution in [0.4, 0.5) is 5.69 Å². The Kier molecular flexibility index (Phi) is 3.85. The third-order valence-corrected chi connectivity index (χ3v) is 6.17. The molecule has 24 heavy (non-hydrogen) atoms. The number of hydrogen-bond donors (Lipinski definition) is 0. The minimum Gasteiger partial charge on any atom is -0.497 e. The first-order valence-corrected chi connectivity index (χ1v) is 8.43. The summed E-state index contributed by atoms with van der Waals surface area (Å²) in [4.78, 5) is 28.8. The lowest BCUT2D eigenvalue weighted by Gasteiger charge is -2.35. The highest BCUT2D eigenvalue weighted by atomic mass is 16.5. The fourth-order valence-corrected chi connectivity index (χ4v) is 3.91. The highest BCUT2D eigenvalue weighted by molar-refractivity contribution is 5.99. The Labute approximate surface area is 143 Å². The topological polar surface area (TPSA) is 49.9 Å². The van der Waals surface area contributed by atoms with E-state index in [4.69, 9.17) is 4.74 Å². The Hall–Kier alpha value is -2.04. The maximum absolute atomic E-state index is 12.8. The monoisotopic (exact) mass is 330 g/mol. The first-order valence-electron chi connectivity index (χ1n) is 8.43. The molecule has 1 aromatic rings. The molecule has 5 heteroatoms. The molecular weight excluding hydrogens is 304 g/mol. The summed E-state index contributed by atoms with van der Waals surface area (Å²) in [6, 6.07) is 7.47. The van der Waals surface area contributed by atoms with E-state index in [0.29, 0.717) is 13.1 Å². The number of amides is 2. The number of nitrogens with zero attached hydrogens (tertiary/aromatic N) is 2. The first kappa shape index (κ1) is 16.8. The summed E-state index contributed by atoms with van der Waals surface area (Å²) in [5.41, 5.74) is 0.812. The van der Waals surface area contributed by atoms with E-state index in [1.54, 1.807) is 16.9 Å². The van der Waals surface area contributed by atoms with Crippen molar-refractivity contribution in [2.24, 2.45) is 16.7 Å². The summed E-state index contributed by atoms with van der Waals surface area (Å²) in [6.45, 7) is 9.76. The van der Waals surface area contributed by atoms with Gasteiger partial charge >= 0.3 is 0 Å². The Balaban J connectivity index is 1.70. The molecule has 0 unspecified atom stereocenters. The van der Waals surface area contributed by atoms with Crippen molar-refractivity contribution < 1.29 is 14.3 Å². The van der Waals surface area contributed by atoms with Crippen LogP contribution in [0, 0.1) is 16.7 Å². The van der Waals surface area contributed by atoms with Crippen molar-refractivity contribution in [3.05, 3.63) is 24.3 Å². The summed E-state index contributed by atoms with van der Waals surface area (Å²) >= 11 is 0. The zero-order chi connectivity index (χ0) is 17.7. The second-order valence-corrected chi connectivity index (χ2v) is 7.88. The molecule has 2 fully saturated rings. The molecule has 0 aromatic heterocycles. The predicted molar refractivity (Wildman–Crippen MR) is 93.0 cm³/mol. The van der Waals surface area contributed by atoms with Crippen LogP contribution in [0.3, 0.4) is 0 Å². The Morgan fingerprint density at radius 2 is 1.83 bits per heavy atom. The van der Waals surface area contributed by atoms with E-state index in [1.165, 1.54) is 0 Å². The smallest absolute Gasteiger partial charge is 0.246 e. The molecule has 0 N–H and O–H groups in total. The Morgan fingerprint density at radius 3 is 2.38 bits per heavy atom. The molecule has 130 valence electrons. The van der Waals surface area contributed by atoms with E-state index in [0.717, 1.165) is 11.4 Å². The number of hydrogen-bond acceptors (Lipinski definition) is 3. The van der Waals surface area contributed by atoms with Gasteiger partial charge in [-0.15, -0.1) is 0 Å².